The highest BCUT2D eigenvalue weighted by molar-refractivity contribution is 5.94. The zero-order valence-corrected chi connectivity index (χ0v) is 21.7. The van der Waals surface area contributed by atoms with Gasteiger partial charge in [0.25, 0.3) is 0 Å². The molecule has 8 heteroatoms. The van der Waals surface area contributed by atoms with E-state index in [2.05, 4.69) is 15.3 Å². The lowest BCUT2D eigenvalue weighted by atomic mass is 9.79. The Labute approximate surface area is 211 Å². The number of esters is 1. The molecule has 0 spiro atoms. The van der Waals surface area contributed by atoms with Crippen molar-refractivity contribution in [3.05, 3.63) is 49.0 Å². The first-order chi connectivity index (χ1) is 17.1. The molecule has 4 rings (SSSR count). The second kappa shape index (κ2) is 10.0. The highest BCUT2D eigenvalue weighted by Crippen LogP contribution is 2.40. The van der Waals surface area contributed by atoms with Crippen molar-refractivity contribution in [1.82, 2.24) is 9.97 Å². The van der Waals surface area contributed by atoms with Gasteiger partial charge in [-0.1, -0.05) is 13.8 Å². The number of methoxy groups -OCH3 is 1. The van der Waals surface area contributed by atoms with Crippen molar-refractivity contribution in [3.8, 4) is 11.5 Å². The van der Waals surface area contributed by atoms with Gasteiger partial charge in [0.1, 0.15) is 23.3 Å². The maximum atomic E-state index is 12.1. The Morgan fingerprint density at radius 2 is 1.86 bits per heavy atom. The van der Waals surface area contributed by atoms with Gasteiger partial charge in [-0.15, -0.1) is 0 Å². The van der Waals surface area contributed by atoms with Crippen molar-refractivity contribution in [2.24, 2.45) is 5.41 Å². The molecule has 1 N–H and O–H groups in total. The molecule has 36 heavy (non-hydrogen) atoms. The van der Waals surface area contributed by atoms with Crippen LogP contribution in [0.5, 0.6) is 11.5 Å². The lowest BCUT2D eigenvalue weighted by Crippen LogP contribution is -2.35. The maximum absolute atomic E-state index is 12.1. The van der Waals surface area contributed by atoms with E-state index in [9.17, 15) is 4.79 Å². The first-order valence-corrected chi connectivity index (χ1v) is 12.0. The number of carbonyl (C=O) groups is 1. The van der Waals surface area contributed by atoms with E-state index in [0.29, 0.717) is 36.8 Å². The highest BCUT2D eigenvalue weighted by atomic mass is 16.5. The third-order valence-electron chi connectivity index (χ3n) is 5.85. The molecule has 0 aliphatic rings. The van der Waals surface area contributed by atoms with Crippen LogP contribution in [0.1, 0.15) is 47.5 Å². The molecule has 0 radical (unpaired) electrons. The van der Waals surface area contributed by atoms with E-state index in [1.165, 1.54) is 6.33 Å². The SMILES string of the molecule is CCOC(=O)CC(C)(C)CC(C)(C)Oc1cc2c(Nc3ccc4occc4c3)ncnc2cc1OC. The Hall–Kier alpha value is -3.81. The van der Waals surface area contributed by atoms with Crippen molar-refractivity contribution in [2.45, 2.75) is 53.1 Å². The smallest absolute Gasteiger partial charge is 0.306 e. The van der Waals surface area contributed by atoms with E-state index in [0.717, 1.165) is 27.6 Å². The summed E-state index contributed by atoms with van der Waals surface area (Å²) in [5.41, 5.74) is 1.51. The molecule has 190 valence electrons. The molecular weight excluding hydrogens is 458 g/mol. The van der Waals surface area contributed by atoms with Crippen LogP contribution in [0.25, 0.3) is 21.9 Å². The molecule has 4 aromatic rings. The van der Waals surface area contributed by atoms with Gasteiger partial charge in [0.2, 0.25) is 0 Å². The molecule has 8 nitrogen and oxygen atoms in total. The van der Waals surface area contributed by atoms with Gasteiger partial charge in [-0.25, -0.2) is 9.97 Å². The summed E-state index contributed by atoms with van der Waals surface area (Å²) in [5, 5.41) is 5.18. The van der Waals surface area contributed by atoms with Gasteiger partial charge >= 0.3 is 5.97 Å². The van der Waals surface area contributed by atoms with Gasteiger partial charge in [0.15, 0.2) is 11.5 Å². The minimum Gasteiger partial charge on any atom is -0.493 e. The first-order valence-electron chi connectivity index (χ1n) is 12.0. The number of hydrogen-bond donors (Lipinski definition) is 1. The Kier molecular flexibility index (Phi) is 7.06. The van der Waals surface area contributed by atoms with Gasteiger partial charge in [-0.05, 0) is 62.9 Å². The van der Waals surface area contributed by atoms with Crippen LogP contribution in [0.2, 0.25) is 0 Å². The number of rotatable bonds is 10. The Bertz CT molecular complexity index is 1380. The summed E-state index contributed by atoms with van der Waals surface area (Å²) in [6.45, 7) is 10.3. The molecule has 0 amide bonds. The molecule has 0 aliphatic carbocycles. The number of fused-ring (bicyclic) bond motifs is 2. The van der Waals surface area contributed by atoms with Crippen LogP contribution in [-0.2, 0) is 9.53 Å². The van der Waals surface area contributed by atoms with E-state index in [-0.39, 0.29) is 11.4 Å². The monoisotopic (exact) mass is 491 g/mol. The average Bonchev–Trinajstić information content (AvgIpc) is 3.25. The zero-order chi connectivity index (χ0) is 25.9. The van der Waals surface area contributed by atoms with Gasteiger partial charge < -0.3 is 23.9 Å². The number of carbonyl (C=O) groups excluding carboxylic acids is 1. The van der Waals surface area contributed by atoms with E-state index in [1.807, 2.05) is 71.0 Å². The quantitative estimate of drug-likeness (QED) is 0.246. The fraction of sp³-hybridized carbons (Fsp3) is 0.393. The topological polar surface area (TPSA) is 95.7 Å². The zero-order valence-electron chi connectivity index (χ0n) is 21.7. The fourth-order valence-corrected chi connectivity index (χ4v) is 4.74. The molecule has 0 fully saturated rings. The molecular formula is C28H33N3O5. The third kappa shape index (κ3) is 5.87. The van der Waals surface area contributed by atoms with Crippen molar-refractivity contribution in [2.75, 3.05) is 19.0 Å². The second-order valence-electron chi connectivity index (χ2n) is 10.2. The molecule has 2 heterocycles. The summed E-state index contributed by atoms with van der Waals surface area (Å²) in [4.78, 5) is 21.0. The Morgan fingerprint density at radius 3 is 2.61 bits per heavy atom. The lowest BCUT2D eigenvalue weighted by molar-refractivity contribution is -0.146. The molecule has 2 aromatic heterocycles. The normalized spacial score (nSPS) is 12.1. The Morgan fingerprint density at radius 1 is 1.06 bits per heavy atom. The Balaban J connectivity index is 1.62. The van der Waals surface area contributed by atoms with Gasteiger partial charge in [0.05, 0.1) is 31.9 Å². The van der Waals surface area contributed by atoms with E-state index in [4.69, 9.17) is 18.6 Å². The molecule has 0 saturated heterocycles. The van der Waals surface area contributed by atoms with Crippen LogP contribution in [0.4, 0.5) is 11.5 Å². The number of furan rings is 1. The number of nitrogens with zero attached hydrogens (tertiary/aromatic N) is 2. The largest absolute Gasteiger partial charge is 0.493 e. The average molecular weight is 492 g/mol. The van der Waals surface area contributed by atoms with Crippen LogP contribution < -0.4 is 14.8 Å². The molecule has 0 aliphatic heterocycles. The molecule has 0 unspecified atom stereocenters. The van der Waals surface area contributed by atoms with Crippen molar-refractivity contribution in [3.63, 3.8) is 0 Å². The predicted octanol–water partition coefficient (Wildman–Crippen LogP) is 6.66. The van der Waals surface area contributed by atoms with Gasteiger partial charge in [-0.3, -0.25) is 4.79 Å². The maximum Gasteiger partial charge on any atom is 0.306 e. The molecule has 0 saturated carbocycles. The summed E-state index contributed by atoms with van der Waals surface area (Å²) in [7, 11) is 1.60. The molecule has 2 aromatic carbocycles. The number of nitrogens with one attached hydrogen (secondary N) is 1. The minimum atomic E-state index is -0.591. The number of ether oxygens (including phenoxy) is 3. The number of hydrogen-bond acceptors (Lipinski definition) is 8. The second-order valence-corrected chi connectivity index (χ2v) is 10.2. The lowest BCUT2D eigenvalue weighted by Gasteiger charge is -2.35. The number of benzene rings is 2. The third-order valence-corrected chi connectivity index (χ3v) is 5.85. The number of aromatic nitrogens is 2. The van der Waals surface area contributed by atoms with Crippen LogP contribution in [0.3, 0.4) is 0 Å². The summed E-state index contributed by atoms with van der Waals surface area (Å²) < 4.78 is 22.7. The predicted molar refractivity (Wildman–Crippen MR) is 140 cm³/mol. The van der Waals surface area contributed by atoms with Gasteiger partial charge in [0, 0.05) is 22.5 Å². The summed E-state index contributed by atoms with van der Waals surface area (Å²) in [6.07, 6.45) is 4.12. The summed E-state index contributed by atoms with van der Waals surface area (Å²) >= 11 is 0. The highest BCUT2D eigenvalue weighted by Gasteiger charge is 2.33. The standard InChI is InChI=1S/C28H33N3O5/c1-7-34-25(32)15-27(2,3)16-28(4,5)36-24-13-20-21(14-23(24)33-6)29-17-30-26(20)31-19-8-9-22-18(12-19)10-11-35-22/h8-14,17H,7,15-16H2,1-6H3,(H,29,30,31). The minimum absolute atomic E-state index is 0.206. The number of anilines is 2. The van der Waals surface area contributed by atoms with E-state index >= 15 is 0 Å². The van der Waals surface area contributed by atoms with Crippen LogP contribution in [-0.4, -0.2) is 35.3 Å². The van der Waals surface area contributed by atoms with Crippen LogP contribution in [0.15, 0.2) is 53.4 Å². The van der Waals surface area contributed by atoms with Crippen LogP contribution in [0, 0.1) is 5.41 Å². The van der Waals surface area contributed by atoms with Crippen molar-refractivity contribution < 1.29 is 23.4 Å². The summed E-state index contributed by atoms with van der Waals surface area (Å²) in [6, 6.07) is 11.5. The van der Waals surface area contributed by atoms with Crippen LogP contribution >= 0.6 is 0 Å². The first kappa shape index (κ1) is 25.3. The van der Waals surface area contributed by atoms with E-state index < -0.39 is 5.60 Å². The molecule has 0 bridgehead atoms. The van der Waals surface area contributed by atoms with E-state index in [1.54, 1.807) is 13.4 Å². The fourth-order valence-electron chi connectivity index (χ4n) is 4.74. The van der Waals surface area contributed by atoms with Crippen molar-refractivity contribution >= 4 is 39.3 Å². The van der Waals surface area contributed by atoms with Gasteiger partial charge in [-0.2, -0.15) is 0 Å². The van der Waals surface area contributed by atoms with Crippen molar-refractivity contribution in [1.29, 1.82) is 0 Å². The summed E-state index contributed by atoms with van der Waals surface area (Å²) in [5.74, 6) is 1.59. The molecule has 0 atom stereocenters.